The molecule has 1 aliphatic rings. The molecule has 1 unspecified atom stereocenters. The molecule has 8 nitrogen and oxygen atoms in total. The number of methoxy groups -OCH3 is 1. The zero-order chi connectivity index (χ0) is 20.6. The lowest BCUT2D eigenvalue weighted by atomic mass is 10.0. The van der Waals surface area contributed by atoms with Crippen LogP contribution in [0.2, 0.25) is 0 Å². The Morgan fingerprint density at radius 1 is 1.17 bits per heavy atom. The van der Waals surface area contributed by atoms with E-state index in [1.165, 1.54) is 24.3 Å². The lowest BCUT2D eigenvalue weighted by Crippen LogP contribution is -2.38. The van der Waals surface area contributed by atoms with E-state index in [0.717, 1.165) is 37.2 Å². The van der Waals surface area contributed by atoms with Crippen molar-refractivity contribution in [2.24, 2.45) is 0 Å². The first-order chi connectivity index (χ1) is 14.1. The van der Waals surface area contributed by atoms with Gasteiger partial charge in [0, 0.05) is 18.7 Å². The molecule has 0 aromatic heterocycles. The predicted molar refractivity (Wildman–Crippen MR) is 108 cm³/mol. The van der Waals surface area contributed by atoms with Crippen LogP contribution in [0.3, 0.4) is 0 Å². The average Bonchev–Trinajstić information content (AvgIpc) is 3.27. The second-order valence-electron chi connectivity index (χ2n) is 6.88. The quantitative estimate of drug-likeness (QED) is 0.515. The van der Waals surface area contributed by atoms with Gasteiger partial charge in [-0.1, -0.05) is 12.1 Å². The third-order valence-corrected chi connectivity index (χ3v) is 4.97. The highest BCUT2D eigenvalue weighted by molar-refractivity contribution is 5.77. The van der Waals surface area contributed by atoms with Gasteiger partial charge in [0.05, 0.1) is 18.1 Å². The summed E-state index contributed by atoms with van der Waals surface area (Å²) in [6.07, 6.45) is 2.30. The van der Waals surface area contributed by atoms with Crippen LogP contribution in [0.15, 0.2) is 48.5 Å². The number of hydrogen-bond acceptors (Lipinski definition) is 6. The number of amides is 1. The molecule has 1 amide bonds. The fourth-order valence-corrected chi connectivity index (χ4v) is 3.43. The SMILES string of the molecule is COc1cccc(C(CNC(=O)COc2ccc([N+](=O)[O-])cc2)N2CCCC2)c1. The Kier molecular flexibility index (Phi) is 7.02. The van der Waals surface area contributed by atoms with Crippen LogP contribution in [-0.2, 0) is 4.79 Å². The molecule has 0 aliphatic carbocycles. The van der Waals surface area contributed by atoms with Gasteiger partial charge in [-0.3, -0.25) is 19.8 Å². The van der Waals surface area contributed by atoms with Crippen LogP contribution in [0, 0.1) is 10.1 Å². The van der Waals surface area contributed by atoms with Gasteiger partial charge in [-0.25, -0.2) is 0 Å². The second-order valence-corrected chi connectivity index (χ2v) is 6.88. The first-order valence-corrected chi connectivity index (χ1v) is 9.59. The van der Waals surface area contributed by atoms with Crippen molar-refractivity contribution in [1.82, 2.24) is 10.2 Å². The normalized spacial score (nSPS) is 14.9. The smallest absolute Gasteiger partial charge is 0.269 e. The molecule has 0 radical (unpaired) electrons. The van der Waals surface area contributed by atoms with E-state index < -0.39 is 4.92 Å². The molecule has 1 atom stereocenters. The van der Waals surface area contributed by atoms with Gasteiger partial charge < -0.3 is 14.8 Å². The monoisotopic (exact) mass is 399 g/mol. The Labute approximate surface area is 169 Å². The summed E-state index contributed by atoms with van der Waals surface area (Å²) in [4.78, 5) is 24.8. The summed E-state index contributed by atoms with van der Waals surface area (Å²) < 4.78 is 10.8. The predicted octanol–water partition coefficient (Wildman–Crippen LogP) is 2.94. The average molecular weight is 399 g/mol. The minimum atomic E-state index is -0.479. The standard InChI is InChI=1S/C21H25N3O5/c1-28-19-6-4-5-16(13-19)20(23-11-2-3-12-23)14-22-21(25)15-29-18-9-7-17(8-10-18)24(26)27/h4-10,13,20H,2-3,11-12,14-15H2,1H3,(H,22,25). The fraction of sp³-hybridized carbons (Fsp3) is 0.381. The number of ether oxygens (including phenoxy) is 2. The third kappa shape index (κ3) is 5.68. The summed E-state index contributed by atoms with van der Waals surface area (Å²) in [7, 11) is 1.64. The Morgan fingerprint density at radius 2 is 1.90 bits per heavy atom. The maximum atomic E-state index is 12.3. The van der Waals surface area contributed by atoms with E-state index in [0.29, 0.717) is 12.3 Å². The van der Waals surface area contributed by atoms with E-state index in [-0.39, 0.29) is 24.2 Å². The van der Waals surface area contributed by atoms with E-state index in [4.69, 9.17) is 9.47 Å². The summed E-state index contributed by atoms with van der Waals surface area (Å²) >= 11 is 0. The molecule has 154 valence electrons. The van der Waals surface area contributed by atoms with Crippen molar-refractivity contribution >= 4 is 11.6 Å². The molecule has 1 N–H and O–H groups in total. The molecule has 0 bridgehead atoms. The molecular formula is C21H25N3O5. The van der Waals surface area contributed by atoms with Crippen molar-refractivity contribution in [3.8, 4) is 11.5 Å². The molecule has 1 saturated heterocycles. The molecule has 0 saturated carbocycles. The summed E-state index contributed by atoms with van der Waals surface area (Å²) in [6.45, 7) is 2.31. The van der Waals surface area contributed by atoms with Crippen LogP contribution < -0.4 is 14.8 Å². The van der Waals surface area contributed by atoms with Crippen molar-refractivity contribution in [2.45, 2.75) is 18.9 Å². The number of carbonyl (C=O) groups is 1. The molecule has 1 fully saturated rings. The Balaban J connectivity index is 1.56. The lowest BCUT2D eigenvalue weighted by Gasteiger charge is -2.28. The molecule has 2 aromatic rings. The van der Waals surface area contributed by atoms with Gasteiger partial charge in [-0.15, -0.1) is 0 Å². The summed E-state index contributed by atoms with van der Waals surface area (Å²) in [6, 6.07) is 13.6. The lowest BCUT2D eigenvalue weighted by molar-refractivity contribution is -0.384. The third-order valence-electron chi connectivity index (χ3n) is 4.97. The van der Waals surface area contributed by atoms with Crippen molar-refractivity contribution in [3.63, 3.8) is 0 Å². The maximum absolute atomic E-state index is 12.3. The Morgan fingerprint density at radius 3 is 2.55 bits per heavy atom. The minimum Gasteiger partial charge on any atom is -0.497 e. The highest BCUT2D eigenvalue weighted by atomic mass is 16.6. The van der Waals surface area contributed by atoms with Gasteiger partial charge in [-0.2, -0.15) is 0 Å². The van der Waals surface area contributed by atoms with E-state index >= 15 is 0 Å². The van der Waals surface area contributed by atoms with Crippen molar-refractivity contribution in [2.75, 3.05) is 33.4 Å². The highest BCUT2D eigenvalue weighted by Crippen LogP contribution is 2.27. The number of nitrogens with one attached hydrogen (secondary N) is 1. The number of rotatable bonds is 9. The molecule has 1 aliphatic heterocycles. The molecule has 1 heterocycles. The fourth-order valence-electron chi connectivity index (χ4n) is 3.43. The van der Waals surface area contributed by atoms with Gasteiger partial charge in [0.1, 0.15) is 11.5 Å². The number of carbonyl (C=O) groups excluding carboxylic acids is 1. The van der Waals surface area contributed by atoms with E-state index in [1.54, 1.807) is 7.11 Å². The van der Waals surface area contributed by atoms with Crippen LogP contribution in [-0.4, -0.2) is 49.1 Å². The van der Waals surface area contributed by atoms with Gasteiger partial charge >= 0.3 is 0 Å². The summed E-state index contributed by atoms with van der Waals surface area (Å²) in [5.41, 5.74) is 1.08. The molecule has 0 spiro atoms. The zero-order valence-electron chi connectivity index (χ0n) is 16.4. The summed E-state index contributed by atoms with van der Waals surface area (Å²) in [5, 5.41) is 13.6. The molecule has 29 heavy (non-hydrogen) atoms. The van der Waals surface area contributed by atoms with Gasteiger partial charge in [0.15, 0.2) is 6.61 Å². The highest BCUT2D eigenvalue weighted by Gasteiger charge is 2.24. The van der Waals surface area contributed by atoms with Crippen LogP contribution >= 0.6 is 0 Å². The number of nitrogens with zero attached hydrogens (tertiary/aromatic N) is 2. The zero-order valence-corrected chi connectivity index (χ0v) is 16.4. The minimum absolute atomic E-state index is 0.0199. The maximum Gasteiger partial charge on any atom is 0.269 e. The van der Waals surface area contributed by atoms with Crippen molar-refractivity contribution < 1.29 is 19.2 Å². The molecule has 2 aromatic carbocycles. The first-order valence-electron chi connectivity index (χ1n) is 9.59. The Bertz CT molecular complexity index is 834. The summed E-state index contributed by atoms with van der Waals surface area (Å²) in [5.74, 6) is 0.963. The van der Waals surface area contributed by atoms with E-state index in [1.807, 2.05) is 24.3 Å². The van der Waals surface area contributed by atoms with Crippen LogP contribution in [0.4, 0.5) is 5.69 Å². The van der Waals surface area contributed by atoms with Gasteiger partial charge in [-0.05, 0) is 55.8 Å². The van der Waals surface area contributed by atoms with Crippen molar-refractivity contribution in [3.05, 3.63) is 64.2 Å². The number of likely N-dealkylation sites (tertiary alicyclic amines) is 1. The number of non-ortho nitro benzene ring substituents is 1. The number of hydrogen-bond donors (Lipinski definition) is 1. The van der Waals surface area contributed by atoms with Crippen LogP contribution in [0.1, 0.15) is 24.4 Å². The van der Waals surface area contributed by atoms with Crippen LogP contribution in [0.5, 0.6) is 11.5 Å². The largest absolute Gasteiger partial charge is 0.497 e. The number of nitro benzene ring substituents is 1. The topological polar surface area (TPSA) is 93.9 Å². The van der Waals surface area contributed by atoms with Crippen molar-refractivity contribution in [1.29, 1.82) is 0 Å². The second kappa shape index (κ2) is 9.88. The first kappa shape index (κ1) is 20.6. The number of benzene rings is 2. The van der Waals surface area contributed by atoms with E-state index in [9.17, 15) is 14.9 Å². The van der Waals surface area contributed by atoms with Gasteiger partial charge in [0.25, 0.3) is 11.6 Å². The van der Waals surface area contributed by atoms with Crippen LogP contribution in [0.25, 0.3) is 0 Å². The number of nitro groups is 1. The molecule has 3 rings (SSSR count). The Hall–Kier alpha value is -3.13. The molecule has 8 heteroatoms. The van der Waals surface area contributed by atoms with Gasteiger partial charge in [0.2, 0.25) is 0 Å². The van der Waals surface area contributed by atoms with E-state index in [2.05, 4.69) is 10.2 Å². The molecular weight excluding hydrogens is 374 g/mol.